The molecule has 0 aliphatic carbocycles. The number of rotatable bonds is 8. The predicted molar refractivity (Wildman–Crippen MR) is 115 cm³/mol. The number of hydrogen-bond acceptors (Lipinski definition) is 4. The van der Waals surface area contributed by atoms with Crippen LogP contribution in [0.1, 0.15) is 29.2 Å². The summed E-state index contributed by atoms with van der Waals surface area (Å²) in [6.45, 7) is 7.88. The van der Waals surface area contributed by atoms with Gasteiger partial charge in [-0.25, -0.2) is 0 Å². The number of hydrogen-bond donors (Lipinski definition) is 1. The second-order valence-corrected chi connectivity index (χ2v) is 7.20. The van der Waals surface area contributed by atoms with E-state index in [2.05, 4.69) is 5.32 Å². The lowest BCUT2D eigenvalue weighted by molar-refractivity contribution is -0.132. The Kier molecular flexibility index (Phi) is 7.65. The zero-order valence-corrected chi connectivity index (χ0v) is 18.1. The number of ether oxygens (including phenoxy) is 2. The Morgan fingerprint density at radius 2 is 1.59 bits per heavy atom. The number of anilines is 1. The Hall–Kier alpha value is -3.02. The Morgan fingerprint density at radius 1 is 0.966 bits per heavy atom. The summed E-state index contributed by atoms with van der Waals surface area (Å²) >= 11 is 0. The SMILES string of the molecule is COc1ccc(CCN(CC(=O)Nc2c(C)cc(C)cc2C)C(C)=O)cc1OC. The average molecular weight is 399 g/mol. The molecule has 0 fully saturated rings. The van der Waals surface area contributed by atoms with Crippen molar-refractivity contribution in [2.45, 2.75) is 34.1 Å². The molecule has 2 aromatic carbocycles. The number of carbonyl (C=O) groups is 2. The second kappa shape index (κ2) is 9.96. The molecule has 0 unspecified atom stereocenters. The molecule has 0 aromatic heterocycles. The van der Waals surface area contributed by atoms with E-state index in [4.69, 9.17) is 9.47 Å². The molecule has 2 amide bonds. The number of nitrogens with one attached hydrogen (secondary N) is 1. The summed E-state index contributed by atoms with van der Waals surface area (Å²) in [6, 6.07) is 9.71. The topological polar surface area (TPSA) is 67.9 Å². The Morgan fingerprint density at radius 3 is 2.14 bits per heavy atom. The van der Waals surface area contributed by atoms with E-state index in [-0.39, 0.29) is 18.4 Å². The van der Waals surface area contributed by atoms with Gasteiger partial charge in [-0.15, -0.1) is 0 Å². The zero-order chi connectivity index (χ0) is 21.6. The van der Waals surface area contributed by atoms with Crippen molar-refractivity contribution < 1.29 is 19.1 Å². The minimum atomic E-state index is -0.206. The third-order valence-electron chi connectivity index (χ3n) is 4.84. The highest BCUT2D eigenvalue weighted by molar-refractivity contribution is 5.95. The molecule has 29 heavy (non-hydrogen) atoms. The summed E-state index contributed by atoms with van der Waals surface area (Å²) in [5.41, 5.74) is 4.98. The van der Waals surface area contributed by atoms with Crippen LogP contribution < -0.4 is 14.8 Å². The first-order valence-corrected chi connectivity index (χ1v) is 9.59. The fraction of sp³-hybridized carbons (Fsp3) is 0.391. The monoisotopic (exact) mass is 398 g/mol. The molecular weight excluding hydrogens is 368 g/mol. The maximum Gasteiger partial charge on any atom is 0.244 e. The summed E-state index contributed by atoms with van der Waals surface area (Å²) in [4.78, 5) is 26.2. The van der Waals surface area contributed by atoms with Crippen LogP contribution in [0.4, 0.5) is 5.69 Å². The van der Waals surface area contributed by atoms with Crippen LogP contribution in [0, 0.1) is 20.8 Å². The van der Waals surface area contributed by atoms with Gasteiger partial charge in [-0.2, -0.15) is 0 Å². The fourth-order valence-corrected chi connectivity index (χ4v) is 3.38. The van der Waals surface area contributed by atoms with Crippen molar-refractivity contribution in [2.75, 3.05) is 32.6 Å². The summed E-state index contributed by atoms with van der Waals surface area (Å²) in [5.74, 6) is 0.950. The lowest BCUT2D eigenvalue weighted by Crippen LogP contribution is -2.38. The average Bonchev–Trinajstić information content (AvgIpc) is 2.67. The van der Waals surface area contributed by atoms with Gasteiger partial charge >= 0.3 is 0 Å². The van der Waals surface area contributed by atoms with Gasteiger partial charge in [0, 0.05) is 19.2 Å². The van der Waals surface area contributed by atoms with Gasteiger partial charge in [-0.05, 0) is 56.0 Å². The lowest BCUT2D eigenvalue weighted by Gasteiger charge is -2.22. The normalized spacial score (nSPS) is 10.4. The number of benzene rings is 2. The number of methoxy groups -OCH3 is 2. The number of carbonyl (C=O) groups excluding carboxylic acids is 2. The molecule has 1 N–H and O–H groups in total. The molecule has 0 aliphatic heterocycles. The number of nitrogens with zero attached hydrogens (tertiary/aromatic N) is 1. The highest BCUT2D eigenvalue weighted by atomic mass is 16.5. The van der Waals surface area contributed by atoms with Crippen molar-refractivity contribution in [1.29, 1.82) is 0 Å². The summed E-state index contributed by atoms with van der Waals surface area (Å²) < 4.78 is 10.6. The van der Waals surface area contributed by atoms with Crippen molar-refractivity contribution in [3.63, 3.8) is 0 Å². The number of amides is 2. The first kappa shape index (κ1) is 22.3. The van der Waals surface area contributed by atoms with Crippen molar-refractivity contribution in [2.24, 2.45) is 0 Å². The molecule has 2 aromatic rings. The van der Waals surface area contributed by atoms with Crippen LogP contribution in [0.25, 0.3) is 0 Å². The van der Waals surface area contributed by atoms with Gasteiger partial charge in [0.15, 0.2) is 11.5 Å². The minimum absolute atomic E-state index is 0.00930. The van der Waals surface area contributed by atoms with Crippen molar-refractivity contribution in [3.05, 3.63) is 52.6 Å². The van der Waals surface area contributed by atoms with Gasteiger partial charge in [0.05, 0.1) is 20.8 Å². The largest absolute Gasteiger partial charge is 0.493 e. The van der Waals surface area contributed by atoms with E-state index in [9.17, 15) is 9.59 Å². The molecule has 0 saturated carbocycles. The van der Waals surface area contributed by atoms with Gasteiger partial charge in [0.2, 0.25) is 11.8 Å². The smallest absolute Gasteiger partial charge is 0.244 e. The van der Waals surface area contributed by atoms with E-state index in [0.29, 0.717) is 24.5 Å². The molecule has 6 heteroatoms. The summed E-state index contributed by atoms with van der Waals surface area (Å²) in [7, 11) is 3.17. The third-order valence-corrected chi connectivity index (χ3v) is 4.84. The Labute approximate surface area is 172 Å². The molecule has 2 rings (SSSR count). The molecule has 0 atom stereocenters. The van der Waals surface area contributed by atoms with E-state index < -0.39 is 0 Å². The first-order chi connectivity index (χ1) is 13.7. The van der Waals surface area contributed by atoms with E-state index in [1.54, 1.807) is 19.1 Å². The van der Waals surface area contributed by atoms with E-state index in [1.165, 1.54) is 6.92 Å². The Balaban J connectivity index is 2.03. The molecule has 156 valence electrons. The summed E-state index contributed by atoms with van der Waals surface area (Å²) in [5, 5.41) is 2.95. The van der Waals surface area contributed by atoms with E-state index >= 15 is 0 Å². The molecule has 6 nitrogen and oxygen atoms in total. The van der Waals surface area contributed by atoms with Gasteiger partial charge in [-0.3, -0.25) is 9.59 Å². The molecule has 0 spiro atoms. The van der Waals surface area contributed by atoms with Crippen LogP contribution >= 0.6 is 0 Å². The van der Waals surface area contributed by atoms with Crippen LogP contribution in [0.3, 0.4) is 0 Å². The first-order valence-electron chi connectivity index (χ1n) is 9.59. The van der Waals surface area contributed by atoms with Crippen LogP contribution in [0.5, 0.6) is 11.5 Å². The zero-order valence-electron chi connectivity index (χ0n) is 18.1. The third kappa shape index (κ3) is 5.98. The standard InChI is InChI=1S/C23H30N2O4/c1-15-11-16(2)23(17(3)12-15)24-22(27)14-25(18(4)26)10-9-19-7-8-20(28-5)21(13-19)29-6/h7-8,11-13H,9-10,14H2,1-6H3,(H,24,27). The summed E-state index contributed by atoms with van der Waals surface area (Å²) in [6.07, 6.45) is 0.607. The molecule has 0 radical (unpaired) electrons. The van der Waals surface area contributed by atoms with Crippen LogP contribution in [0.2, 0.25) is 0 Å². The van der Waals surface area contributed by atoms with E-state index in [0.717, 1.165) is 27.9 Å². The second-order valence-electron chi connectivity index (χ2n) is 7.20. The fourth-order valence-electron chi connectivity index (χ4n) is 3.38. The van der Waals surface area contributed by atoms with Gasteiger partial charge in [-0.1, -0.05) is 23.8 Å². The molecule has 0 heterocycles. The quantitative estimate of drug-likeness (QED) is 0.737. The Bertz CT molecular complexity index is 869. The van der Waals surface area contributed by atoms with Gasteiger partial charge < -0.3 is 19.7 Å². The lowest BCUT2D eigenvalue weighted by atomic mass is 10.1. The van der Waals surface area contributed by atoms with E-state index in [1.807, 2.05) is 51.1 Å². The van der Waals surface area contributed by atoms with Crippen molar-refractivity contribution in [3.8, 4) is 11.5 Å². The van der Waals surface area contributed by atoms with Gasteiger partial charge in [0.1, 0.15) is 0 Å². The number of aryl methyl sites for hydroxylation is 3. The maximum atomic E-state index is 12.6. The van der Waals surface area contributed by atoms with Crippen LogP contribution in [-0.4, -0.2) is 44.0 Å². The molecule has 0 bridgehead atoms. The minimum Gasteiger partial charge on any atom is -0.493 e. The van der Waals surface area contributed by atoms with Crippen LogP contribution in [-0.2, 0) is 16.0 Å². The van der Waals surface area contributed by atoms with Gasteiger partial charge in [0.25, 0.3) is 0 Å². The van der Waals surface area contributed by atoms with Crippen molar-refractivity contribution >= 4 is 17.5 Å². The van der Waals surface area contributed by atoms with Crippen LogP contribution in [0.15, 0.2) is 30.3 Å². The predicted octanol–water partition coefficient (Wildman–Crippen LogP) is 3.66. The highest BCUT2D eigenvalue weighted by Crippen LogP contribution is 2.27. The molecular formula is C23H30N2O4. The molecule has 0 saturated heterocycles. The van der Waals surface area contributed by atoms with Crippen molar-refractivity contribution in [1.82, 2.24) is 4.90 Å². The maximum absolute atomic E-state index is 12.6. The highest BCUT2D eigenvalue weighted by Gasteiger charge is 2.16. The molecule has 0 aliphatic rings.